The van der Waals surface area contributed by atoms with E-state index < -0.39 is 0 Å². The Labute approximate surface area is 107 Å². The van der Waals surface area contributed by atoms with Gasteiger partial charge in [0.1, 0.15) is 0 Å². The Balaban J connectivity index is 1.57. The van der Waals surface area contributed by atoms with Crippen LogP contribution in [-0.2, 0) is 4.79 Å². The number of urea groups is 1. The van der Waals surface area contributed by atoms with Gasteiger partial charge < -0.3 is 5.32 Å². The first-order chi connectivity index (χ1) is 8.75. The van der Waals surface area contributed by atoms with Crippen molar-refractivity contribution < 1.29 is 9.59 Å². The summed E-state index contributed by atoms with van der Waals surface area (Å²) in [7, 11) is 0. The molecule has 0 bridgehead atoms. The molecule has 2 heterocycles. The number of amides is 3. The number of nitrogens with one attached hydrogen (secondary N) is 1. The van der Waals surface area contributed by atoms with E-state index in [-0.39, 0.29) is 11.9 Å². The molecule has 3 rings (SSSR count). The van der Waals surface area contributed by atoms with Crippen molar-refractivity contribution in [3.05, 3.63) is 0 Å². The van der Waals surface area contributed by atoms with Gasteiger partial charge in [0.15, 0.2) is 0 Å². The summed E-state index contributed by atoms with van der Waals surface area (Å²) in [6, 6.07) is 0.368. The quantitative estimate of drug-likeness (QED) is 0.807. The molecule has 2 aliphatic heterocycles. The molecule has 100 valence electrons. The summed E-state index contributed by atoms with van der Waals surface area (Å²) in [5.41, 5.74) is 0. The molecule has 0 aromatic heterocycles. The second-order valence-electron chi connectivity index (χ2n) is 5.65. The first-order valence-electron chi connectivity index (χ1n) is 7.08. The van der Waals surface area contributed by atoms with E-state index in [1.54, 1.807) is 0 Å². The van der Waals surface area contributed by atoms with Crippen LogP contribution >= 0.6 is 0 Å². The Hall–Kier alpha value is -1.10. The highest BCUT2D eigenvalue weighted by Gasteiger charge is 2.37. The average Bonchev–Trinajstić information content (AvgIpc) is 2.86. The lowest BCUT2D eigenvalue weighted by molar-refractivity contribution is -0.129. The van der Waals surface area contributed by atoms with Crippen LogP contribution in [0, 0.1) is 5.92 Å². The van der Waals surface area contributed by atoms with Crippen LogP contribution in [0.5, 0.6) is 0 Å². The number of rotatable bonds is 3. The van der Waals surface area contributed by atoms with Crippen molar-refractivity contribution in [3.8, 4) is 0 Å². The van der Waals surface area contributed by atoms with E-state index in [1.807, 2.05) is 0 Å². The number of likely N-dealkylation sites (tertiary alicyclic amines) is 1. The maximum atomic E-state index is 12.1. The second-order valence-corrected chi connectivity index (χ2v) is 5.65. The Morgan fingerprint density at radius 3 is 2.67 bits per heavy atom. The van der Waals surface area contributed by atoms with Crippen LogP contribution in [-0.4, -0.2) is 54.0 Å². The second kappa shape index (κ2) is 4.88. The fourth-order valence-corrected chi connectivity index (χ4v) is 3.38. The molecule has 1 saturated carbocycles. The molecule has 1 unspecified atom stereocenters. The molecule has 18 heavy (non-hydrogen) atoms. The molecule has 5 heteroatoms. The topological polar surface area (TPSA) is 52.7 Å². The van der Waals surface area contributed by atoms with Gasteiger partial charge in [-0.15, -0.1) is 0 Å². The lowest BCUT2D eigenvalue weighted by Crippen LogP contribution is -2.46. The highest BCUT2D eigenvalue weighted by Crippen LogP contribution is 2.36. The standard InChI is InChI=1S/C13H21N3O2/c17-12(16-8-6-14-13(16)18)9-15-7-2-5-11(15)10-3-1-4-10/h10-11H,1-9H2,(H,14,18). The maximum absolute atomic E-state index is 12.1. The van der Waals surface area contributed by atoms with E-state index in [0.29, 0.717) is 25.7 Å². The first kappa shape index (κ1) is 12.0. The molecule has 3 amide bonds. The van der Waals surface area contributed by atoms with Gasteiger partial charge in [0, 0.05) is 19.1 Å². The van der Waals surface area contributed by atoms with Crippen LogP contribution in [0.2, 0.25) is 0 Å². The Morgan fingerprint density at radius 2 is 2.06 bits per heavy atom. The minimum absolute atomic E-state index is 0.0313. The van der Waals surface area contributed by atoms with Gasteiger partial charge in [0.2, 0.25) is 5.91 Å². The van der Waals surface area contributed by atoms with E-state index in [2.05, 4.69) is 10.2 Å². The third-order valence-corrected chi connectivity index (χ3v) is 4.60. The van der Waals surface area contributed by atoms with Crippen molar-refractivity contribution in [1.29, 1.82) is 0 Å². The molecule has 0 aromatic carbocycles. The lowest BCUT2D eigenvalue weighted by atomic mass is 9.79. The largest absolute Gasteiger partial charge is 0.336 e. The van der Waals surface area contributed by atoms with Gasteiger partial charge in [-0.2, -0.15) is 0 Å². The number of imide groups is 1. The van der Waals surface area contributed by atoms with Gasteiger partial charge in [-0.25, -0.2) is 4.79 Å². The SMILES string of the molecule is O=C(CN1CCCC1C1CCC1)N1CCNC1=O. The molecule has 1 atom stereocenters. The smallest absolute Gasteiger partial charge is 0.324 e. The fourth-order valence-electron chi connectivity index (χ4n) is 3.38. The first-order valence-corrected chi connectivity index (χ1v) is 7.08. The molecule has 3 fully saturated rings. The van der Waals surface area contributed by atoms with Gasteiger partial charge in [-0.1, -0.05) is 6.42 Å². The van der Waals surface area contributed by atoms with Crippen molar-refractivity contribution >= 4 is 11.9 Å². The van der Waals surface area contributed by atoms with E-state index in [0.717, 1.165) is 12.5 Å². The van der Waals surface area contributed by atoms with Gasteiger partial charge in [-0.3, -0.25) is 14.6 Å². The fraction of sp³-hybridized carbons (Fsp3) is 0.846. The molecule has 2 saturated heterocycles. The summed E-state index contributed by atoms with van der Waals surface area (Å²) >= 11 is 0. The van der Waals surface area contributed by atoms with Crippen molar-refractivity contribution in [2.75, 3.05) is 26.2 Å². The van der Waals surface area contributed by atoms with E-state index in [4.69, 9.17) is 0 Å². The van der Waals surface area contributed by atoms with Crippen LogP contribution in [0.1, 0.15) is 32.1 Å². The molecule has 1 aliphatic carbocycles. The average molecular weight is 251 g/mol. The zero-order valence-electron chi connectivity index (χ0n) is 10.7. The molecule has 5 nitrogen and oxygen atoms in total. The molecular formula is C13H21N3O2. The maximum Gasteiger partial charge on any atom is 0.324 e. The minimum Gasteiger partial charge on any atom is -0.336 e. The molecular weight excluding hydrogens is 230 g/mol. The van der Waals surface area contributed by atoms with Crippen LogP contribution in [0.4, 0.5) is 4.79 Å². The van der Waals surface area contributed by atoms with Crippen LogP contribution in [0.25, 0.3) is 0 Å². The van der Waals surface area contributed by atoms with Gasteiger partial charge in [-0.05, 0) is 38.1 Å². The summed E-state index contributed by atoms with van der Waals surface area (Å²) in [6.45, 7) is 2.56. The number of nitrogens with zero attached hydrogens (tertiary/aromatic N) is 2. The number of hydrogen-bond acceptors (Lipinski definition) is 3. The summed E-state index contributed by atoms with van der Waals surface area (Å²) < 4.78 is 0. The highest BCUT2D eigenvalue weighted by atomic mass is 16.2. The van der Waals surface area contributed by atoms with Gasteiger partial charge >= 0.3 is 6.03 Å². The molecule has 0 aromatic rings. The normalized spacial score (nSPS) is 29.4. The summed E-state index contributed by atoms with van der Waals surface area (Å²) in [5, 5.41) is 2.68. The summed E-state index contributed by atoms with van der Waals surface area (Å²) in [4.78, 5) is 27.2. The van der Waals surface area contributed by atoms with Crippen molar-refractivity contribution in [2.45, 2.75) is 38.1 Å². The minimum atomic E-state index is -0.223. The summed E-state index contributed by atoms with van der Waals surface area (Å²) in [5.74, 6) is 0.768. The Kier molecular flexibility index (Phi) is 3.24. The zero-order chi connectivity index (χ0) is 12.5. The van der Waals surface area contributed by atoms with Crippen LogP contribution in [0.15, 0.2) is 0 Å². The van der Waals surface area contributed by atoms with Crippen molar-refractivity contribution in [2.24, 2.45) is 5.92 Å². The molecule has 1 N–H and O–H groups in total. The third-order valence-electron chi connectivity index (χ3n) is 4.60. The molecule has 0 radical (unpaired) electrons. The predicted octanol–water partition coefficient (Wildman–Crippen LogP) is 0.803. The Morgan fingerprint density at radius 1 is 1.22 bits per heavy atom. The zero-order valence-corrected chi connectivity index (χ0v) is 10.7. The lowest BCUT2D eigenvalue weighted by Gasteiger charge is -2.37. The van der Waals surface area contributed by atoms with Gasteiger partial charge in [0.25, 0.3) is 0 Å². The third kappa shape index (κ3) is 2.11. The van der Waals surface area contributed by atoms with Crippen LogP contribution < -0.4 is 5.32 Å². The van der Waals surface area contributed by atoms with Gasteiger partial charge in [0.05, 0.1) is 6.54 Å². The number of carbonyl (C=O) groups is 2. The predicted molar refractivity (Wildman–Crippen MR) is 67.0 cm³/mol. The van der Waals surface area contributed by atoms with Crippen LogP contribution in [0.3, 0.4) is 0 Å². The van der Waals surface area contributed by atoms with Crippen molar-refractivity contribution in [3.63, 3.8) is 0 Å². The highest BCUT2D eigenvalue weighted by molar-refractivity contribution is 5.96. The number of hydrogen-bond donors (Lipinski definition) is 1. The van der Waals surface area contributed by atoms with E-state index >= 15 is 0 Å². The Bertz CT molecular complexity index is 354. The molecule has 3 aliphatic rings. The summed E-state index contributed by atoms with van der Waals surface area (Å²) in [6.07, 6.45) is 6.40. The molecule has 0 spiro atoms. The van der Waals surface area contributed by atoms with E-state index in [9.17, 15) is 9.59 Å². The van der Waals surface area contributed by atoms with Crippen molar-refractivity contribution in [1.82, 2.24) is 15.1 Å². The monoisotopic (exact) mass is 251 g/mol. The van der Waals surface area contributed by atoms with E-state index in [1.165, 1.54) is 37.0 Å². The number of carbonyl (C=O) groups excluding carboxylic acids is 2.